The van der Waals surface area contributed by atoms with Crippen LogP contribution in [-0.2, 0) is 6.54 Å². The molecule has 114 valence electrons. The maximum atomic E-state index is 9.60. The zero-order chi connectivity index (χ0) is 16.2. The lowest BCUT2D eigenvalue weighted by Gasteiger charge is -2.14. The van der Waals surface area contributed by atoms with E-state index in [-0.39, 0.29) is 0 Å². The average molecular weight is 319 g/mol. The summed E-state index contributed by atoms with van der Waals surface area (Å²) in [6.07, 6.45) is 1.95. The SMILES string of the molecule is CSc1nc2ccccc2c(NCc2ccccc2C)c1C#N. The van der Waals surface area contributed by atoms with E-state index in [2.05, 4.69) is 35.4 Å². The second-order valence-corrected chi connectivity index (χ2v) is 6.08. The molecule has 3 aromatic rings. The van der Waals surface area contributed by atoms with Crippen molar-refractivity contribution in [1.82, 2.24) is 4.98 Å². The number of nitriles is 1. The highest BCUT2D eigenvalue weighted by atomic mass is 32.2. The van der Waals surface area contributed by atoms with Crippen LogP contribution in [0.25, 0.3) is 10.9 Å². The van der Waals surface area contributed by atoms with Crippen LogP contribution in [0, 0.1) is 18.3 Å². The monoisotopic (exact) mass is 319 g/mol. The van der Waals surface area contributed by atoms with Crippen LogP contribution in [0.4, 0.5) is 5.69 Å². The molecule has 0 bridgehead atoms. The van der Waals surface area contributed by atoms with Crippen LogP contribution in [0.3, 0.4) is 0 Å². The standard InChI is InChI=1S/C19H17N3S/c1-13-7-3-4-8-14(13)12-21-18-15-9-5-6-10-17(15)22-19(23-2)16(18)11-20/h3-10H,12H2,1-2H3,(H,21,22). The normalized spacial score (nSPS) is 10.5. The van der Waals surface area contributed by atoms with E-state index in [9.17, 15) is 5.26 Å². The van der Waals surface area contributed by atoms with Gasteiger partial charge in [0.2, 0.25) is 0 Å². The number of nitrogens with one attached hydrogen (secondary N) is 1. The number of nitrogens with zero attached hydrogens (tertiary/aromatic N) is 2. The molecule has 1 N–H and O–H groups in total. The summed E-state index contributed by atoms with van der Waals surface area (Å²) in [5.41, 5.74) is 4.85. The quantitative estimate of drug-likeness (QED) is 0.705. The molecule has 0 amide bonds. The maximum Gasteiger partial charge on any atom is 0.116 e. The number of pyridine rings is 1. The third-order valence-corrected chi connectivity index (χ3v) is 4.56. The summed E-state index contributed by atoms with van der Waals surface area (Å²) in [7, 11) is 0. The molecule has 0 aliphatic heterocycles. The summed E-state index contributed by atoms with van der Waals surface area (Å²) in [6, 6.07) is 18.5. The van der Waals surface area contributed by atoms with Gasteiger partial charge in [-0.1, -0.05) is 42.5 Å². The average Bonchev–Trinajstić information content (AvgIpc) is 2.59. The second-order valence-electron chi connectivity index (χ2n) is 5.28. The molecule has 2 aromatic carbocycles. The molecule has 1 heterocycles. The predicted octanol–water partition coefficient (Wildman–Crippen LogP) is 4.75. The molecule has 3 nitrogen and oxygen atoms in total. The first-order valence-corrected chi connectivity index (χ1v) is 8.62. The number of aromatic nitrogens is 1. The smallest absolute Gasteiger partial charge is 0.116 e. The number of para-hydroxylation sites is 1. The number of benzene rings is 2. The number of hydrogen-bond donors (Lipinski definition) is 1. The largest absolute Gasteiger partial charge is 0.379 e. The molecule has 0 saturated heterocycles. The molecule has 0 spiro atoms. The van der Waals surface area contributed by atoms with Gasteiger partial charge in [-0.25, -0.2) is 4.98 Å². The minimum Gasteiger partial charge on any atom is -0.379 e. The second kappa shape index (κ2) is 6.72. The van der Waals surface area contributed by atoms with Crippen molar-refractivity contribution >= 4 is 28.4 Å². The van der Waals surface area contributed by atoms with E-state index in [4.69, 9.17) is 0 Å². The highest BCUT2D eigenvalue weighted by molar-refractivity contribution is 7.98. The van der Waals surface area contributed by atoms with Crippen LogP contribution in [0.1, 0.15) is 16.7 Å². The summed E-state index contributed by atoms with van der Waals surface area (Å²) in [5.74, 6) is 0. The van der Waals surface area contributed by atoms with E-state index in [0.717, 1.165) is 21.6 Å². The van der Waals surface area contributed by atoms with Gasteiger partial charge in [-0.05, 0) is 30.4 Å². The Morgan fingerprint density at radius 1 is 1.13 bits per heavy atom. The fourth-order valence-corrected chi connectivity index (χ4v) is 3.16. The maximum absolute atomic E-state index is 9.60. The summed E-state index contributed by atoms with van der Waals surface area (Å²) in [6.45, 7) is 2.78. The van der Waals surface area contributed by atoms with Gasteiger partial charge in [-0.2, -0.15) is 5.26 Å². The van der Waals surface area contributed by atoms with Crippen molar-refractivity contribution < 1.29 is 0 Å². The zero-order valence-corrected chi connectivity index (χ0v) is 13.9. The van der Waals surface area contributed by atoms with Crippen molar-refractivity contribution in [1.29, 1.82) is 5.26 Å². The van der Waals surface area contributed by atoms with Crippen molar-refractivity contribution in [2.75, 3.05) is 11.6 Å². The van der Waals surface area contributed by atoms with Crippen LogP contribution in [0.2, 0.25) is 0 Å². The third kappa shape index (κ3) is 3.01. The van der Waals surface area contributed by atoms with Crippen LogP contribution >= 0.6 is 11.8 Å². The summed E-state index contributed by atoms with van der Waals surface area (Å²) in [4.78, 5) is 4.60. The minimum absolute atomic E-state index is 0.616. The van der Waals surface area contributed by atoms with Crippen LogP contribution in [-0.4, -0.2) is 11.2 Å². The topological polar surface area (TPSA) is 48.7 Å². The zero-order valence-electron chi connectivity index (χ0n) is 13.1. The van der Waals surface area contributed by atoms with Crippen LogP contribution < -0.4 is 5.32 Å². The fourth-order valence-electron chi connectivity index (χ4n) is 2.62. The molecule has 4 heteroatoms. The highest BCUT2D eigenvalue weighted by Gasteiger charge is 2.14. The molecule has 0 atom stereocenters. The Bertz CT molecular complexity index is 897. The number of aryl methyl sites for hydroxylation is 1. The van der Waals surface area contributed by atoms with Crippen molar-refractivity contribution in [2.45, 2.75) is 18.5 Å². The molecule has 0 aliphatic carbocycles. The van der Waals surface area contributed by atoms with E-state index >= 15 is 0 Å². The number of anilines is 1. The van der Waals surface area contributed by atoms with Gasteiger partial charge in [0.05, 0.1) is 11.2 Å². The first-order valence-electron chi connectivity index (χ1n) is 7.40. The van der Waals surface area contributed by atoms with E-state index in [1.54, 1.807) is 0 Å². The van der Waals surface area contributed by atoms with Crippen LogP contribution in [0.15, 0.2) is 53.6 Å². The van der Waals surface area contributed by atoms with Crippen LogP contribution in [0.5, 0.6) is 0 Å². The number of thioether (sulfide) groups is 1. The minimum atomic E-state index is 0.616. The van der Waals surface area contributed by atoms with Gasteiger partial charge >= 0.3 is 0 Å². The van der Waals surface area contributed by atoms with Crippen molar-refractivity contribution in [2.24, 2.45) is 0 Å². The van der Waals surface area contributed by atoms with Crippen molar-refractivity contribution in [3.05, 3.63) is 65.2 Å². The Hall–Kier alpha value is -2.51. The van der Waals surface area contributed by atoms with Gasteiger partial charge in [-0.3, -0.25) is 0 Å². The Morgan fingerprint density at radius 3 is 2.61 bits per heavy atom. The first-order chi connectivity index (χ1) is 11.2. The Balaban J connectivity index is 2.08. The molecule has 0 unspecified atom stereocenters. The lowest BCUT2D eigenvalue weighted by molar-refractivity contribution is 1.10. The molecular weight excluding hydrogens is 302 g/mol. The van der Waals surface area contributed by atoms with Gasteiger partial charge in [-0.15, -0.1) is 11.8 Å². The van der Waals surface area contributed by atoms with E-state index in [0.29, 0.717) is 12.1 Å². The van der Waals surface area contributed by atoms with Gasteiger partial charge < -0.3 is 5.32 Å². The van der Waals surface area contributed by atoms with Gasteiger partial charge in [0.15, 0.2) is 0 Å². The summed E-state index contributed by atoms with van der Waals surface area (Å²) < 4.78 is 0. The number of fused-ring (bicyclic) bond motifs is 1. The summed E-state index contributed by atoms with van der Waals surface area (Å²) >= 11 is 1.50. The molecule has 23 heavy (non-hydrogen) atoms. The highest BCUT2D eigenvalue weighted by Crippen LogP contribution is 2.32. The lowest BCUT2D eigenvalue weighted by Crippen LogP contribution is -2.05. The van der Waals surface area contributed by atoms with E-state index < -0.39 is 0 Å². The Labute approximate surface area is 140 Å². The first kappa shape index (κ1) is 15.4. The summed E-state index contributed by atoms with van der Waals surface area (Å²) in [5, 5.41) is 14.8. The molecule has 0 radical (unpaired) electrons. The fraction of sp³-hybridized carbons (Fsp3) is 0.158. The number of hydrogen-bond acceptors (Lipinski definition) is 4. The molecule has 0 aliphatic rings. The van der Waals surface area contributed by atoms with E-state index in [1.807, 2.05) is 42.7 Å². The van der Waals surface area contributed by atoms with Crippen molar-refractivity contribution in [3.63, 3.8) is 0 Å². The van der Waals surface area contributed by atoms with Gasteiger partial charge in [0.1, 0.15) is 16.7 Å². The van der Waals surface area contributed by atoms with Crippen molar-refractivity contribution in [3.8, 4) is 6.07 Å². The molecular formula is C19H17N3S. The van der Waals surface area contributed by atoms with Gasteiger partial charge in [0.25, 0.3) is 0 Å². The third-order valence-electron chi connectivity index (χ3n) is 3.88. The predicted molar refractivity (Wildman–Crippen MR) is 96.7 cm³/mol. The molecule has 0 fully saturated rings. The molecule has 0 saturated carbocycles. The Morgan fingerprint density at radius 2 is 1.87 bits per heavy atom. The molecule has 1 aromatic heterocycles. The lowest BCUT2D eigenvalue weighted by atomic mass is 10.1. The van der Waals surface area contributed by atoms with E-state index in [1.165, 1.54) is 22.9 Å². The number of rotatable bonds is 4. The molecule has 3 rings (SSSR count). The van der Waals surface area contributed by atoms with Gasteiger partial charge in [0, 0.05) is 11.9 Å². The Kier molecular flexibility index (Phi) is 4.50.